The number of anilines is 1. The van der Waals surface area contributed by atoms with Crippen LogP contribution in [0.15, 0.2) is 66.9 Å². The maximum absolute atomic E-state index is 11.2. The Morgan fingerprint density at radius 1 is 1.06 bits per heavy atom. The number of rotatable bonds is 7. The van der Waals surface area contributed by atoms with Gasteiger partial charge in [0.05, 0.1) is 19.9 Å². The number of phenols is 1. The molecule has 0 saturated carbocycles. The van der Waals surface area contributed by atoms with E-state index in [0.29, 0.717) is 29.2 Å². The van der Waals surface area contributed by atoms with Crippen LogP contribution >= 0.6 is 0 Å². The van der Waals surface area contributed by atoms with Crippen LogP contribution in [0.1, 0.15) is 29.8 Å². The third kappa shape index (κ3) is 4.23. The fourth-order valence-corrected chi connectivity index (χ4v) is 3.64. The number of nitrogens with one attached hydrogen (secondary N) is 2. The fraction of sp³-hybridized carbons (Fsp3) is 0.200. The Kier molecular flexibility index (Phi) is 5.89. The molecule has 4 aromatic rings. The number of aromatic nitrogens is 2. The molecule has 31 heavy (non-hydrogen) atoms. The number of benzene rings is 2. The van der Waals surface area contributed by atoms with E-state index in [1.54, 1.807) is 7.11 Å². The number of hydrogen-bond acceptors (Lipinski definition) is 5. The van der Waals surface area contributed by atoms with Crippen molar-refractivity contribution in [3.63, 3.8) is 0 Å². The lowest BCUT2D eigenvalue weighted by Gasteiger charge is -2.19. The number of methoxy groups -OCH3 is 1. The van der Waals surface area contributed by atoms with Crippen LogP contribution in [0, 0.1) is 6.92 Å². The van der Waals surface area contributed by atoms with Gasteiger partial charge in [0, 0.05) is 28.3 Å². The maximum Gasteiger partial charge on any atom is 0.272 e. The second-order valence-corrected chi connectivity index (χ2v) is 7.22. The van der Waals surface area contributed by atoms with Crippen LogP contribution in [0.3, 0.4) is 0 Å². The molecule has 2 heterocycles. The minimum Gasteiger partial charge on any atom is -0.505 e. The lowest BCUT2D eigenvalue weighted by atomic mass is 9.95. The number of phenolic OH excluding ortho intramolecular Hbond substituents is 1. The van der Waals surface area contributed by atoms with E-state index in [4.69, 9.17) is 9.47 Å². The number of ether oxygens (including phenoxy) is 2. The van der Waals surface area contributed by atoms with Gasteiger partial charge in [0.1, 0.15) is 17.3 Å². The highest BCUT2D eigenvalue weighted by Gasteiger charge is 2.25. The molecular weight excluding hydrogens is 390 g/mol. The van der Waals surface area contributed by atoms with Gasteiger partial charge in [0.2, 0.25) is 0 Å². The molecule has 0 unspecified atom stereocenters. The van der Waals surface area contributed by atoms with Gasteiger partial charge in [0.15, 0.2) is 11.5 Å². The molecule has 0 bridgehead atoms. The summed E-state index contributed by atoms with van der Waals surface area (Å²) in [5, 5.41) is 15.6. The van der Waals surface area contributed by atoms with Crippen molar-refractivity contribution in [3.8, 4) is 17.2 Å². The first-order valence-corrected chi connectivity index (χ1v) is 10.2. The van der Waals surface area contributed by atoms with Gasteiger partial charge in [-0.05, 0) is 44.2 Å². The van der Waals surface area contributed by atoms with Crippen molar-refractivity contribution in [2.45, 2.75) is 19.9 Å². The van der Waals surface area contributed by atoms with Crippen molar-refractivity contribution >= 4 is 16.7 Å². The monoisotopic (exact) mass is 416 g/mol. The number of fused-ring (bicyclic) bond motifs is 1. The summed E-state index contributed by atoms with van der Waals surface area (Å²) >= 11 is 0. The van der Waals surface area contributed by atoms with Crippen molar-refractivity contribution in [1.29, 1.82) is 0 Å². The SMILES string of the molecule is CCOc1ccc([C@@H](Nc2cccc[nH+]2)c2ccc3ccc(C)nc3c2O)cc1OC. The zero-order valence-corrected chi connectivity index (χ0v) is 17.8. The van der Waals surface area contributed by atoms with E-state index in [2.05, 4.69) is 15.3 Å². The molecule has 0 amide bonds. The highest BCUT2D eigenvalue weighted by Crippen LogP contribution is 2.39. The minimum atomic E-state index is -0.352. The third-order valence-corrected chi connectivity index (χ3v) is 5.15. The predicted molar refractivity (Wildman–Crippen MR) is 121 cm³/mol. The summed E-state index contributed by atoms with van der Waals surface area (Å²) < 4.78 is 11.2. The number of aromatic hydroxyl groups is 1. The number of nitrogens with zero attached hydrogens (tertiary/aromatic N) is 1. The zero-order chi connectivity index (χ0) is 21.8. The van der Waals surface area contributed by atoms with E-state index >= 15 is 0 Å². The van der Waals surface area contributed by atoms with Gasteiger partial charge in [-0.15, -0.1) is 0 Å². The molecule has 3 N–H and O–H groups in total. The molecule has 0 fully saturated rings. The molecule has 0 spiro atoms. The number of pyridine rings is 2. The molecule has 0 aliphatic carbocycles. The number of hydrogen-bond donors (Lipinski definition) is 2. The summed E-state index contributed by atoms with van der Waals surface area (Å²) in [6.07, 6.45) is 1.85. The van der Waals surface area contributed by atoms with Crippen LogP contribution in [0.2, 0.25) is 0 Å². The summed E-state index contributed by atoms with van der Waals surface area (Å²) in [4.78, 5) is 7.76. The first kappa shape index (κ1) is 20.5. The average molecular weight is 417 g/mol. The van der Waals surface area contributed by atoms with Crippen molar-refractivity contribution in [3.05, 3.63) is 83.7 Å². The van der Waals surface area contributed by atoms with E-state index in [-0.39, 0.29) is 11.8 Å². The Hall–Kier alpha value is -3.80. The molecule has 0 radical (unpaired) electrons. The fourth-order valence-electron chi connectivity index (χ4n) is 3.64. The predicted octanol–water partition coefficient (Wildman–Crippen LogP) is 4.67. The molecule has 0 saturated heterocycles. The van der Waals surface area contributed by atoms with Crippen LogP contribution in [0.5, 0.6) is 17.2 Å². The van der Waals surface area contributed by atoms with Gasteiger partial charge in [-0.2, -0.15) is 0 Å². The molecule has 4 rings (SSSR count). The topological polar surface area (TPSA) is 77.8 Å². The third-order valence-electron chi connectivity index (χ3n) is 5.15. The van der Waals surface area contributed by atoms with E-state index in [1.807, 2.05) is 80.7 Å². The van der Waals surface area contributed by atoms with Crippen molar-refractivity contribution in [1.82, 2.24) is 4.98 Å². The van der Waals surface area contributed by atoms with Crippen LogP contribution in [-0.2, 0) is 0 Å². The standard InChI is InChI=1S/C25H25N3O3/c1-4-31-20-13-11-18(15-21(20)30-3)23(28-22-7-5-6-14-26-22)19-12-10-17-9-8-16(2)27-24(17)25(19)29/h5-15,23,29H,4H2,1-3H3,(H,26,28)/p+1/t23-/m1/s1. The summed E-state index contributed by atoms with van der Waals surface area (Å²) in [5.41, 5.74) is 3.07. The first-order chi connectivity index (χ1) is 15.1. The van der Waals surface area contributed by atoms with E-state index in [0.717, 1.165) is 22.5 Å². The minimum absolute atomic E-state index is 0.155. The molecule has 0 aliphatic rings. The summed E-state index contributed by atoms with van der Waals surface area (Å²) in [6.45, 7) is 4.40. The Balaban J connectivity index is 1.86. The molecule has 6 heteroatoms. The lowest BCUT2D eigenvalue weighted by molar-refractivity contribution is -0.361. The van der Waals surface area contributed by atoms with E-state index in [9.17, 15) is 5.11 Å². The molecule has 2 aromatic heterocycles. The van der Waals surface area contributed by atoms with Gasteiger partial charge in [-0.25, -0.2) is 9.97 Å². The Morgan fingerprint density at radius 2 is 1.90 bits per heavy atom. The highest BCUT2D eigenvalue weighted by molar-refractivity contribution is 5.86. The van der Waals surface area contributed by atoms with Crippen LogP contribution in [0.25, 0.3) is 10.9 Å². The summed E-state index contributed by atoms with van der Waals surface area (Å²) in [5.74, 6) is 2.29. The number of aryl methyl sites for hydroxylation is 1. The molecule has 158 valence electrons. The molecule has 0 aliphatic heterocycles. The van der Waals surface area contributed by atoms with Gasteiger partial charge in [-0.3, -0.25) is 5.32 Å². The van der Waals surface area contributed by atoms with Crippen LogP contribution in [-0.4, -0.2) is 23.8 Å². The van der Waals surface area contributed by atoms with Gasteiger partial charge >= 0.3 is 0 Å². The smallest absolute Gasteiger partial charge is 0.272 e. The van der Waals surface area contributed by atoms with Crippen molar-refractivity contribution in [2.75, 3.05) is 19.0 Å². The van der Waals surface area contributed by atoms with Crippen LogP contribution in [0.4, 0.5) is 5.82 Å². The Bertz CT molecular complexity index is 1200. The van der Waals surface area contributed by atoms with Gasteiger partial charge in [-0.1, -0.05) is 24.3 Å². The molecule has 6 nitrogen and oxygen atoms in total. The Morgan fingerprint density at radius 3 is 2.65 bits per heavy atom. The highest BCUT2D eigenvalue weighted by atomic mass is 16.5. The van der Waals surface area contributed by atoms with Crippen molar-refractivity contribution < 1.29 is 19.6 Å². The largest absolute Gasteiger partial charge is 0.505 e. The Labute approximate surface area is 181 Å². The van der Waals surface area contributed by atoms with E-state index in [1.165, 1.54) is 0 Å². The lowest BCUT2D eigenvalue weighted by Crippen LogP contribution is -2.19. The first-order valence-electron chi connectivity index (χ1n) is 10.2. The quantitative estimate of drug-likeness (QED) is 0.458. The normalized spacial score (nSPS) is 11.8. The molecule has 1 atom stereocenters. The second-order valence-electron chi connectivity index (χ2n) is 7.22. The second kappa shape index (κ2) is 8.92. The number of H-pyrrole nitrogens is 1. The summed E-state index contributed by atoms with van der Waals surface area (Å²) in [6, 6.07) is 19.1. The average Bonchev–Trinajstić information content (AvgIpc) is 2.80. The molecule has 2 aromatic carbocycles. The van der Waals surface area contributed by atoms with Gasteiger partial charge < -0.3 is 14.6 Å². The van der Waals surface area contributed by atoms with Crippen molar-refractivity contribution in [2.24, 2.45) is 0 Å². The molecular formula is C25H26N3O3+. The van der Waals surface area contributed by atoms with Gasteiger partial charge in [0.25, 0.3) is 5.82 Å². The maximum atomic E-state index is 11.2. The zero-order valence-electron chi connectivity index (χ0n) is 17.8. The van der Waals surface area contributed by atoms with E-state index < -0.39 is 0 Å². The van der Waals surface area contributed by atoms with Crippen LogP contribution < -0.4 is 19.8 Å². The summed E-state index contributed by atoms with van der Waals surface area (Å²) in [7, 11) is 1.62. The number of aromatic amines is 1.